The predicted octanol–water partition coefficient (Wildman–Crippen LogP) is 3.26. The minimum atomic E-state index is 0.110. The molecule has 4 rings (SSSR count). The summed E-state index contributed by atoms with van der Waals surface area (Å²) >= 11 is 0. The first-order chi connectivity index (χ1) is 14.9. The van der Waals surface area contributed by atoms with Crippen molar-refractivity contribution in [1.29, 1.82) is 0 Å². The van der Waals surface area contributed by atoms with Crippen LogP contribution in [-0.4, -0.2) is 66.3 Å². The van der Waals surface area contributed by atoms with Gasteiger partial charge in [-0.25, -0.2) is 4.68 Å². The molecule has 166 valence electrons. The topological polar surface area (TPSA) is 66.3 Å². The molecule has 7 heteroatoms. The molecule has 1 aromatic carbocycles. The van der Waals surface area contributed by atoms with Crippen LogP contribution in [0.15, 0.2) is 42.9 Å². The summed E-state index contributed by atoms with van der Waals surface area (Å²) in [7, 11) is 6.00. The monoisotopic (exact) mass is 422 g/mol. The van der Waals surface area contributed by atoms with Gasteiger partial charge in [0.25, 0.3) is 0 Å². The molecule has 0 bridgehead atoms. The number of carbonyl (C=O) groups is 1. The lowest BCUT2D eigenvalue weighted by atomic mass is 9.95. The van der Waals surface area contributed by atoms with E-state index in [1.165, 1.54) is 5.56 Å². The van der Waals surface area contributed by atoms with Gasteiger partial charge >= 0.3 is 0 Å². The number of hydrogen-bond acceptors (Lipinski definition) is 5. The van der Waals surface area contributed by atoms with Crippen LogP contribution in [0.2, 0.25) is 0 Å². The Morgan fingerprint density at radius 3 is 2.39 bits per heavy atom. The van der Waals surface area contributed by atoms with E-state index in [0.717, 1.165) is 48.2 Å². The zero-order chi connectivity index (χ0) is 22.4. The van der Waals surface area contributed by atoms with Crippen molar-refractivity contribution in [2.45, 2.75) is 26.7 Å². The summed E-state index contributed by atoms with van der Waals surface area (Å²) in [5.74, 6) is 0.288. The number of hydrogen-bond donors (Lipinski definition) is 1. The van der Waals surface area contributed by atoms with E-state index in [-0.39, 0.29) is 11.8 Å². The molecule has 0 aliphatic carbocycles. The third-order valence-electron chi connectivity index (χ3n) is 5.25. The number of anilines is 1. The summed E-state index contributed by atoms with van der Waals surface area (Å²) in [5.41, 5.74) is 4.28. The van der Waals surface area contributed by atoms with Crippen molar-refractivity contribution < 1.29 is 4.79 Å². The van der Waals surface area contributed by atoms with Crippen LogP contribution in [0.25, 0.3) is 16.6 Å². The van der Waals surface area contributed by atoms with Crippen LogP contribution in [0, 0.1) is 12.8 Å². The first-order valence-corrected chi connectivity index (χ1v) is 10.9. The van der Waals surface area contributed by atoms with Gasteiger partial charge in [0, 0.05) is 43.3 Å². The van der Waals surface area contributed by atoms with Crippen molar-refractivity contribution in [2.24, 2.45) is 5.92 Å². The number of aromatic nitrogens is 3. The number of benzene rings is 1. The summed E-state index contributed by atoms with van der Waals surface area (Å²) < 4.78 is 1.91. The van der Waals surface area contributed by atoms with Gasteiger partial charge in [0.1, 0.15) is 5.52 Å². The lowest BCUT2D eigenvalue weighted by molar-refractivity contribution is -0.125. The number of amides is 1. The van der Waals surface area contributed by atoms with Gasteiger partial charge in [-0.1, -0.05) is 17.7 Å². The molecule has 7 nitrogen and oxygen atoms in total. The molecule has 1 saturated heterocycles. The Balaban J connectivity index is 0.000000628. The Hall–Kier alpha value is -2.93. The number of pyridine rings is 1. The Morgan fingerprint density at radius 1 is 1.13 bits per heavy atom. The molecular weight excluding hydrogens is 388 g/mol. The SMILES string of the molecule is CCNC(=O)C1CCN(c2cncc3cn(-c4ccc(C)cc4)nc23)CC1.CN(C)C. The number of nitrogens with one attached hydrogen (secondary N) is 1. The lowest BCUT2D eigenvalue weighted by Gasteiger charge is -2.32. The second kappa shape index (κ2) is 10.4. The molecule has 0 atom stereocenters. The Bertz CT molecular complexity index is 984. The first kappa shape index (κ1) is 22.7. The number of carbonyl (C=O) groups excluding carboxylic acids is 1. The van der Waals surface area contributed by atoms with E-state index in [1.54, 1.807) is 0 Å². The van der Waals surface area contributed by atoms with Gasteiger partial charge in [-0.2, -0.15) is 5.10 Å². The smallest absolute Gasteiger partial charge is 0.223 e. The normalized spacial score (nSPS) is 14.5. The molecule has 2 aromatic heterocycles. The van der Waals surface area contributed by atoms with E-state index in [4.69, 9.17) is 5.10 Å². The van der Waals surface area contributed by atoms with Gasteiger partial charge < -0.3 is 15.1 Å². The van der Waals surface area contributed by atoms with Crippen LogP contribution in [-0.2, 0) is 4.79 Å². The van der Waals surface area contributed by atoms with Crippen LogP contribution in [0.3, 0.4) is 0 Å². The third kappa shape index (κ3) is 5.82. The maximum Gasteiger partial charge on any atom is 0.223 e. The maximum atomic E-state index is 12.1. The second-order valence-electron chi connectivity index (χ2n) is 8.50. The van der Waals surface area contributed by atoms with Crippen molar-refractivity contribution in [1.82, 2.24) is 25.0 Å². The Labute approximate surface area is 185 Å². The molecule has 0 saturated carbocycles. The standard InChI is InChI=1S/C21H25N5O.C3H9N/c1-3-23-21(27)16-8-10-25(11-9-16)19-13-22-12-17-14-26(24-20(17)19)18-6-4-15(2)5-7-18;1-4(2)3/h4-7,12-14,16H,3,8-11H2,1-2H3,(H,23,27);1-3H3. The van der Waals surface area contributed by atoms with Crippen LogP contribution in [0.5, 0.6) is 0 Å². The molecule has 0 spiro atoms. The largest absolute Gasteiger partial charge is 0.368 e. The van der Waals surface area contributed by atoms with Gasteiger partial charge in [-0.15, -0.1) is 0 Å². The fraction of sp³-hybridized carbons (Fsp3) is 0.458. The third-order valence-corrected chi connectivity index (χ3v) is 5.25. The van der Waals surface area contributed by atoms with Crippen LogP contribution >= 0.6 is 0 Å². The van der Waals surface area contributed by atoms with E-state index in [9.17, 15) is 4.79 Å². The average molecular weight is 423 g/mol. The Kier molecular flexibility index (Phi) is 7.63. The van der Waals surface area contributed by atoms with Gasteiger partial charge in [0.05, 0.1) is 17.6 Å². The molecule has 3 aromatic rings. The fourth-order valence-corrected chi connectivity index (χ4v) is 3.69. The molecule has 0 unspecified atom stereocenters. The highest BCUT2D eigenvalue weighted by molar-refractivity contribution is 5.90. The van der Waals surface area contributed by atoms with Crippen LogP contribution in [0.1, 0.15) is 25.3 Å². The molecule has 3 heterocycles. The van der Waals surface area contributed by atoms with E-state index in [2.05, 4.69) is 46.4 Å². The fourth-order valence-electron chi connectivity index (χ4n) is 3.69. The van der Waals surface area contributed by atoms with Crippen molar-refractivity contribution in [3.63, 3.8) is 0 Å². The zero-order valence-electron chi connectivity index (χ0n) is 19.3. The molecule has 1 amide bonds. The highest BCUT2D eigenvalue weighted by Gasteiger charge is 2.26. The van der Waals surface area contributed by atoms with E-state index < -0.39 is 0 Å². The highest BCUT2D eigenvalue weighted by Crippen LogP contribution is 2.29. The molecule has 31 heavy (non-hydrogen) atoms. The van der Waals surface area contributed by atoms with E-state index in [1.807, 2.05) is 56.2 Å². The maximum absolute atomic E-state index is 12.1. The average Bonchev–Trinajstić information content (AvgIpc) is 3.18. The predicted molar refractivity (Wildman–Crippen MR) is 127 cm³/mol. The molecular formula is C24H34N6O. The zero-order valence-corrected chi connectivity index (χ0v) is 19.3. The first-order valence-electron chi connectivity index (χ1n) is 10.9. The Morgan fingerprint density at radius 2 is 1.77 bits per heavy atom. The van der Waals surface area contributed by atoms with Gasteiger partial charge in [-0.3, -0.25) is 9.78 Å². The minimum absolute atomic E-state index is 0.110. The van der Waals surface area contributed by atoms with Gasteiger partial charge in [0.15, 0.2) is 0 Å². The second-order valence-corrected chi connectivity index (χ2v) is 8.50. The van der Waals surface area contributed by atoms with Gasteiger partial charge in [-0.05, 0) is 60.0 Å². The summed E-state index contributed by atoms with van der Waals surface area (Å²) in [6.45, 7) is 6.43. The van der Waals surface area contributed by atoms with Crippen LogP contribution in [0.4, 0.5) is 5.69 Å². The van der Waals surface area contributed by atoms with Crippen molar-refractivity contribution >= 4 is 22.5 Å². The number of nitrogens with zero attached hydrogens (tertiary/aromatic N) is 5. The highest BCUT2D eigenvalue weighted by atomic mass is 16.1. The molecule has 1 N–H and O–H groups in total. The lowest BCUT2D eigenvalue weighted by Crippen LogP contribution is -2.40. The van der Waals surface area contributed by atoms with Crippen molar-refractivity contribution in [3.8, 4) is 5.69 Å². The summed E-state index contributed by atoms with van der Waals surface area (Å²) in [6, 6.07) is 8.33. The number of fused-ring (bicyclic) bond motifs is 1. The van der Waals surface area contributed by atoms with Crippen molar-refractivity contribution in [3.05, 3.63) is 48.4 Å². The molecule has 1 aliphatic rings. The molecule has 1 aliphatic heterocycles. The summed E-state index contributed by atoms with van der Waals surface area (Å²) in [4.78, 5) is 20.8. The number of aryl methyl sites for hydroxylation is 1. The number of piperidine rings is 1. The van der Waals surface area contributed by atoms with E-state index in [0.29, 0.717) is 6.54 Å². The van der Waals surface area contributed by atoms with Crippen molar-refractivity contribution in [2.75, 3.05) is 45.7 Å². The summed E-state index contributed by atoms with van der Waals surface area (Å²) in [6.07, 6.45) is 7.50. The number of rotatable bonds is 4. The minimum Gasteiger partial charge on any atom is -0.368 e. The van der Waals surface area contributed by atoms with E-state index >= 15 is 0 Å². The molecule has 0 radical (unpaired) electrons. The molecule has 1 fully saturated rings. The van der Waals surface area contributed by atoms with Gasteiger partial charge in [0.2, 0.25) is 5.91 Å². The summed E-state index contributed by atoms with van der Waals surface area (Å²) in [5, 5.41) is 8.79. The van der Waals surface area contributed by atoms with Crippen LogP contribution < -0.4 is 10.2 Å². The quantitative estimate of drug-likeness (QED) is 0.699.